The predicted octanol–water partition coefficient (Wildman–Crippen LogP) is -1.85. The summed E-state index contributed by atoms with van der Waals surface area (Å²) in [5.74, 6) is -8.87. The number of aromatic hydroxyl groups is 1. The van der Waals surface area contributed by atoms with E-state index in [1.807, 2.05) is 0 Å². The third-order valence-corrected chi connectivity index (χ3v) is 10.2. The van der Waals surface area contributed by atoms with Crippen LogP contribution in [0.1, 0.15) is 30.4 Å². The number of carboxylic acids is 2. The fourth-order valence-electron chi connectivity index (χ4n) is 4.94. The Morgan fingerprint density at radius 1 is 0.660 bits per heavy atom. The number of carboxylic acid groups (broad SMARTS) is 2. The van der Waals surface area contributed by atoms with Crippen molar-refractivity contribution in [2.75, 3.05) is 11.5 Å². The number of carbonyl (C=O) groups is 8. The number of amides is 6. The molecule has 3 unspecified atom stereocenters. The molecule has 0 bridgehead atoms. The average Bonchev–Trinajstić information content (AvgIpc) is 3.10. The van der Waals surface area contributed by atoms with Crippen LogP contribution in [0.25, 0.3) is 0 Å². The van der Waals surface area contributed by atoms with Gasteiger partial charge in [0.1, 0.15) is 36.0 Å². The van der Waals surface area contributed by atoms with Gasteiger partial charge in [-0.15, -0.1) is 0 Å². The number of benzene rings is 2. The highest BCUT2D eigenvalue weighted by Gasteiger charge is 2.34. The summed E-state index contributed by atoms with van der Waals surface area (Å²) in [4.78, 5) is 103. The van der Waals surface area contributed by atoms with E-state index in [2.05, 4.69) is 26.6 Å². The number of primary amides is 1. The Morgan fingerprint density at radius 3 is 1.72 bits per heavy atom. The molecule has 6 amide bonds. The van der Waals surface area contributed by atoms with Gasteiger partial charge in [-0.1, -0.05) is 64.1 Å². The highest BCUT2D eigenvalue weighted by Crippen LogP contribution is 2.23. The molecule has 2 aromatic carbocycles. The summed E-state index contributed by atoms with van der Waals surface area (Å²) >= 11 is 0. The second-order valence-electron chi connectivity index (χ2n) is 12.0. The minimum atomic E-state index is -1.72. The molecule has 0 aliphatic carbocycles. The molecule has 0 saturated carbocycles. The van der Waals surface area contributed by atoms with Gasteiger partial charge in [0, 0.05) is 30.8 Å². The number of phenols is 1. The number of hydrogen-bond acceptors (Lipinski definition) is 12. The van der Waals surface area contributed by atoms with Gasteiger partial charge in [0.05, 0.1) is 12.5 Å². The van der Waals surface area contributed by atoms with Gasteiger partial charge in [0.25, 0.3) is 0 Å². The van der Waals surface area contributed by atoms with Crippen LogP contribution in [-0.4, -0.2) is 110 Å². The number of carbonyl (C=O) groups excluding carboxylic acids is 6. The fourth-order valence-corrected chi connectivity index (χ4v) is 7.22. The molecule has 53 heavy (non-hydrogen) atoms. The summed E-state index contributed by atoms with van der Waals surface area (Å²) in [7, 11) is 1.96. The van der Waals surface area contributed by atoms with Crippen LogP contribution in [0.2, 0.25) is 0 Å². The van der Waals surface area contributed by atoms with Crippen molar-refractivity contribution in [1.82, 2.24) is 26.6 Å². The molecular formula is C33H41N7O11S2. The molecule has 12 N–H and O–H groups in total. The van der Waals surface area contributed by atoms with E-state index < -0.39 is 103 Å². The van der Waals surface area contributed by atoms with Gasteiger partial charge in [0.2, 0.25) is 35.4 Å². The van der Waals surface area contributed by atoms with Crippen molar-refractivity contribution in [2.45, 2.75) is 68.4 Å². The van der Waals surface area contributed by atoms with Crippen LogP contribution >= 0.6 is 21.6 Å². The third-order valence-electron chi connectivity index (χ3n) is 7.76. The molecule has 3 rings (SSSR count). The molecule has 286 valence electrons. The molecule has 2 aromatic rings. The molecule has 1 aliphatic heterocycles. The van der Waals surface area contributed by atoms with Crippen LogP contribution in [-0.2, 0) is 51.2 Å². The van der Waals surface area contributed by atoms with Crippen LogP contribution in [0, 0.1) is 0 Å². The predicted molar refractivity (Wildman–Crippen MR) is 193 cm³/mol. The average molecular weight is 776 g/mol. The van der Waals surface area contributed by atoms with E-state index in [0.717, 1.165) is 21.6 Å². The molecule has 0 spiro atoms. The van der Waals surface area contributed by atoms with Crippen LogP contribution in [0.5, 0.6) is 5.75 Å². The molecule has 0 radical (unpaired) electrons. The van der Waals surface area contributed by atoms with E-state index in [-0.39, 0.29) is 30.1 Å². The number of nitrogens with one attached hydrogen (secondary N) is 5. The smallest absolute Gasteiger partial charge is 0.327 e. The summed E-state index contributed by atoms with van der Waals surface area (Å²) in [5, 5.41) is 41.0. The van der Waals surface area contributed by atoms with Crippen molar-refractivity contribution in [3.8, 4) is 5.75 Å². The molecular weight excluding hydrogens is 735 g/mol. The first kappa shape index (κ1) is 42.1. The zero-order valence-corrected chi connectivity index (χ0v) is 29.8. The number of aliphatic carboxylic acids is 2. The monoisotopic (exact) mass is 775 g/mol. The Bertz CT molecular complexity index is 1650. The highest BCUT2D eigenvalue weighted by molar-refractivity contribution is 8.76. The number of phenolic OH excluding ortho intramolecular Hbond substituents is 1. The molecule has 20 heteroatoms. The van der Waals surface area contributed by atoms with E-state index in [9.17, 15) is 53.7 Å². The van der Waals surface area contributed by atoms with Gasteiger partial charge in [0.15, 0.2) is 0 Å². The summed E-state index contributed by atoms with van der Waals surface area (Å²) in [6, 6.07) is 5.49. The van der Waals surface area contributed by atoms with Crippen molar-refractivity contribution in [2.24, 2.45) is 11.5 Å². The Kier molecular flexibility index (Phi) is 16.4. The van der Waals surface area contributed by atoms with Gasteiger partial charge in [-0.25, -0.2) is 4.79 Å². The summed E-state index contributed by atoms with van der Waals surface area (Å²) in [6.45, 7) is 0. The van der Waals surface area contributed by atoms with Crippen molar-refractivity contribution in [3.63, 3.8) is 0 Å². The van der Waals surface area contributed by atoms with E-state index in [1.54, 1.807) is 30.3 Å². The van der Waals surface area contributed by atoms with E-state index in [0.29, 0.717) is 11.1 Å². The number of nitrogens with two attached hydrogens (primary N) is 2. The lowest BCUT2D eigenvalue weighted by molar-refractivity contribution is -0.141. The first-order chi connectivity index (χ1) is 25.1. The summed E-state index contributed by atoms with van der Waals surface area (Å²) < 4.78 is 0. The van der Waals surface area contributed by atoms with Crippen LogP contribution in [0.15, 0.2) is 54.6 Å². The zero-order chi connectivity index (χ0) is 39.1. The van der Waals surface area contributed by atoms with Gasteiger partial charge in [-0.2, -0.15) is 0 Å². The largest absolute Gasteiger partial charge is 0.508 e. The van der Waals surface area contributed by atoms with E-state index in [4.69, 9.17) is 11.5 Å². The van der Waals surface area contributed by atoms with Crippen molar-refractivity contribution in [1.29, 1.82) is 0 Å². The Hall–Kier alpha value is -5.34. The molecule has 18 nitrogen and oxygen atoms in total. The van der Waals surface area contributed by atoms with Crippen LogP contribution < -0.4 is 38.1 Å². The standard InChI is InChI=1S/C33H41N7O11S2/c34-20-15-52-53-16-25(33(50)51)40-32(49)24(14-26(35)42)39-29(46)21(10-11-27(43)44)36-30(47)23(12-17-4-2-1-3-5-17)38-31(48)22(37-28(20)45)13-18-6-8-19(41)9-7-18/h1-9,20-25,41H,10-16,34H2,(H2,35,42)(H,36,47)(H,37,45)(H,38,48)(H,39,46)(H,40,49)(H,43,44)(H,50,51)/t20-,21-,22?,23?,24?,25-/m0/s1. The maximum atomic E-state index is 13.9. The molecule has 1 fully saturated rings. The van der Waals surface area contributed by atoms with Gasteiger partial charge >= 0.3 is 11.9 Å². The van der Waals surface area contributed by atoms with Crippen molar-refractivity contribution >= 4 is 69.0 Å². The summed E-state index contributed by atoms with van der Waals surface area (Å²) in [6.07, 6.45) is -2.12. The SMILES string of the molecule is NC(=O)CC1NC(=O)[C@H](CCC(=O)O)NC(=O)C(Cc2ccccc2)NC(=O)C(Cc2ccc(O)cc2)NC(=O)[C@@H](N)CSSC[C@@H](C(=O)O)NC1=O. The topological polar surface area (TPSA) is 309 Å². The van der Waals surface area contributed by atoms with Crippen molar-refractivity contribution in [3.05, 3.63) is 65.7 Å². The van der Waals surface area contributed by atoms with Crippen LogP contribution in [0.3, 0.4) is 0 Å². The quantitative estimate of drug-likeness (QED) is 0.119. The minimum Gasteiger partial charge on any atom is -0.508 e. The highest BCUT2D eigenvalue weighted by atomic mass is 33.1. The second-order valence-corrected chi connectivity index (χ2v) is 14.5. The lowest BCUT2D eigenvalue weighted by atomic mass is 10.0. The van der Waals surface area contributed by atoms with Gasteiger partial charge < -0.3 is 53.4 Å². The maximum Gasteiger partial charge on any atom is 0.327 e. The molecule has 0 aromatic heterocycles. The van der Waals surface area contributed by atoms with E-state index >= 15 is 0 Å². The van der Waals surface area contributed by atoms with Crippen molar-refractivity contribution < 1.29 is 53.7 Å². The fraction of sp³-hybridized carbons (Fsp3) is 0.394. The lowest BCUT2D eigenvalue weighted by Crippen LogP contribution is -2.60. The van der Waals surface area contributed by atoms with E-state index in [1.165, 1.54) is 24.3 Å². The molecule has 1 aliphatic rings. The Morgan fingerprint density at radius 2 is 1.15 bits per heavy atom. The summed E-state index contributed by atoms with van der Waals surface area (Å²) in [5.41, 5.74) is 12.5. The third kappa shape index (κ3) is 14.3. The Balaban J connectivity index is 2.05. The normalized spacial score (nSPS) is 24.0. The first-order valence-corrected chi connectivity index (χ1v) is 18.7. The number of rotatable bonds is 10. The molecule has 1 heterocycles. The molecule has 1 saturated heterocycles. The number of hydrogen-bond donors (Lipinski definition) is 10. The van der Waals surface area contributed by atoms with Crippen LogP contribution in [0.4, 0.5) is 0 Å². The minimum absolute atomic E-state index is 0.0401. The second kappa shape index (κ2) is 20.6. The molecule has 6 atom stereocenters. The van der Waals surface area contributed by atoms with Gasteiger partial charge in [-0.3, -0.25) is 33.6 Å². The lowest BCUT2D eigenvalue weighted by Gasteiger charge is -2.27. The maximum absolute atomic E-state index is 13.9. The van der Waals surface area contributed by atoms with Gasteiger partial charge in [-0.05, 0) is 29.7 Å². The Labute approximate surface area is 311 Å². The zero-order valence-electron chi connectivity index (χ0n) is 28.2. The first-order valence-electron chi connectivity index (χ1n) is 16.2.